The highest BCUT2D eigenvalue weighted by molar-refractivity contribution is 5.88. The molecule has 2 aromatic heterocycles. The second kappa shape index (κ2) is 8.17. The first-order valence-corrected chi connectivity index (χ1v) is 11.3. The summed E-state index contributed by atoms with van der Waals surface area (Å²) in [6.07, 6.45) is 11.1. The number of carbonyl (C=O) groups is 1. The number of likely N-dealkylation sites (tertiary alicyclic amines) is 1. The van der Waals surface area contributed by atoms with Gasteiger partial charge in [0.1, 0.15) is 0 Å². The molecule has 0 amide bonds. The Balaban J connectivity index is 1.19. The van der Waals surface area contributed by atoms with Crippen molar-refractivity contribution in [3.63, 3.8) is 0 Å². The van der Waals surface area contributed by atoms with Crippen molar-refractivity contribution in [1.82, 2.24) is 25.0 Å². The van der Waals surface area contributed by atoms with Crippen molar-refractivity contribution >= 4 is 16.6 Å². The number of nitrogens with one attached hydrogen (secondary N) is 1. The molecule has 3 aromatic rings. The number of hydrogen-bond acceptors (Lipinski definition) is 5. The Morgan fingerprint density at radius 1 is 1.16 bits per heavy atom. The van der Waals surface area contributed by atoms with E-state index >= 15 is 0 Å². The van der Waals surface area contributed by atoms with Crippen LogP contribution in [-0.2, 0) is 11.2 Å². The summed E-state index contributed by atoms with van der Waals surface area (Å²) < 4.78 is 0. The van der Waals surface area contributed by atoms with Crippen molar-refractivity contribution in [2.75, 3.05) is 33.7 Å². The fourth-order valence-electron chi connectivity index (χ4n) is 5.29. The number of carbonyl (C=O) groups excluding carboxylic acids is 1. The molecule has 1 aliphatic carbocycles. The molecule has 0 radical (unpaired) electrons. The molecule has 1 saturated carbocycles. The van der Waals surface area contributed by atoms with Gasteiger partial charge in [-0.3, -0.25) is 19.8 Å². The van der Waals surface area contributed by atoms with Gasteiger partial charge < -0.3 is 4.90 Å². The molecule has 6 nitrogen and oxygen atoms in total. The highest BCUT2D eigenvalue weighted by Gasteiger charge is 2.46. The maximum absolute atomic E-state index is 12.8. The fourth-order valence-corrected chi connectivity index (χ4v) is 5.29. The molecule has 2 aliphatic rings. The number of ketones is 1. The van der Waals surface area contributed by atoms with Gasteiger partial charge in [0.25, 0.3) is 0 Å². The van der Waals surface area contributed by atoms with Crippen molar-refractivity contribution in [3.05, 3.63) is 48.5 Å². The third kappa shape index (κ3) is 4.27. The van der Waals surface area contributed by atoms with Crippen molar-refractivity contribution < 1.29 is 4.79 Å². The lowest BCUT2D eigenvalue weighted by molar-refractivity contribution is -0.121. The minimum atomic E-state index is 0.240. The summed E-state index contributed by atoms with van der Waals surface area (Å²) in [5, 5.41) is 9.08. The molecule has 5 rings (SSSR count). The van der Waals surface area contributed by atoms with E-state index in [0.29, 0.717) is 24.4 Å². The van der Waals surface area contributed by atoms with E-state index in [1.165, 1.54) is 38.8 Å². The maximum atomic E-state index is 12.8. The molecule has 31 heavy (non-hydrogen) atoms. The van der Waals surface area contributed by atoms with Crippen LogP contribution in [0.25, 0.3) is 21.9 Å². The van der Waals surface area contributed by atoms with Gasteiger partial charge in [-0.25, -0.2) is 0 Å². The van der Waals surface area contributed by atoms with E-state index in [1.807, 2.05) is 24.7 Å². The van der Waals surface area contributed by atoms with Gasteiger partial charge in [0.15, 0.2) is 5.78 Å². The fraction of sp³-hybridized carbons (Fsp3) is 0.480. The summed E-state index contributed by atoms with van der Waals surface area (Å²) in [7, 11) is 4.32. The minimum absolute atomic E-state index is 0.240. The van der Waals surface area contributed by atoms with E-state index in [9.17, 15) is 4.79 Å². The molecule has 162 valence electrons. The first-order valence-electron chi connectivity index (χ1n) is 11.3. The normalized spacial score (nSPS) is 19.2. The predicted molar refractivity (Wildman–Crippen MR) is 123 cm³/mol. The molecule has 1 N–H and O–H groups in total. The van der Waals surface area contributed by atoms with E-state index in [1.54, 1.807) is 0 Å². The second-order valence-corrected chi connectivity index (χ2v) is 9.72. The summed E-state index contributed by atoms with van der Waals surface area (Å²) >= 11 is 0. The minimum Gasteiger partial charge on any atom is -0.306 e. The van der Waals surface area contributed by atoms with Crippen molar-refractivity contribution in [2.45, 2.75) is 38.1 Å². The molecule has 1 aliphatic heterocycles. The Morgan fingerprint density at radius 3 is 2.71 bits per heavy atom. The van der Waals surface area contributed by atoms with Crippen LogP contribution in [0, 0.1) is 5.41 Å². The van der Waals surface area contributed by atoms with Gasteiger partial charge in [-0.1, -0.05) is 12.1 Å². The number of piperidine rings is 1. The molecule has 0 unspecified atom stereocenters. The standard InChI is InChI=1S/C25H31N5O/c1-29-7-5-25(6-8-29)12-23(13-25)30(2)17-24(31)11-22-10-20-9-18(21-15-27-28-16-21)3-4-19(20)14-26-22/h3-4,9-10,14-16,23H,5-8,11-13,17H2,1-2H3,(H,27,28). The third-order valence-corrected chi connectivity index (χ3v) is 7.42. The molecule has 6 heteroatoms. The van der Waals surface area contributed by atoms with Crippen LogP contribution in [0.4, 0.5) is 0 Å². The number of rotatable bonds is 6. The Morgan fingerprint density at radius 2 is 1.97 bits per heavy atom. The topological polar surface area (TPSA) is 65.1 Å². The van der Waals surface area contributed by atoms with E-state index < -0.39 is 0 Å². The summed E-state index contributed by atoms with van der Waals surface area (Å²) in [5.74, 6) is 0.240. The van der Waals surface area contributed by atoms with Gasteiger partial charge in [-0.05, 0) is 81.4 Å². The summed E-state index contributed by atoms with van der Waals surface area (Å²) in [6, 6.07) is 8.88. The zero-order valence-corrected chi connectivity index (χ0v) is 18.5. The monoisotopic (exact) mass is 417 g/mol. The van der Waals surface area contributed by atoms with Crippen LogP contribution in [0.1, 0.15) is 31.4 Å². The summed E-state index contributed by atoms with van der Waals surface area (Å²) in [4.78, 5) is 22.0. The van der Waals surface area contributed by atoms with Crippen LogP contribution >= 0.6 is 0 Å². The zero-order valence-electron chi connectivity index (χ0n) is 18.5. The number of nitrogens with zero attached hydrogens (tertiary/aromatic N) is 4. The molecule has 1 saturated heterocycles. The number of fused-ring (bicyclic) bond motifs is 1. The number of hydrogen-bond donors (Lipinski definition) is 1. The van der Waals surface area contributed by atoms with Crippen LogP contribution in [0.15, 0.2) is 42.9 Å². The first-order chi connectivity index (χ1) is 15.0. The number of pyridine rings is 1. The van der Waals surface area contributed by atoms with E-state index in [-0.39, 0.29) is 5.78 Å². The van der Waals surface area contributed by atoms with Crippen LogP contribution in [-0.4, -0.2) is 70.5 Å². The largest absolute Gasteiger partial charge is 0.306 e. The van der Waals surface area contributed by atoms with Gasteiger partial charge in [0, 0.05) is 35.1 Å². The van der Waals surface area contributed by atoms with Gasteiger partial charge in [0.2, 0.25) is 0 Å². The van der Waals surface area contributed by atoms with Gasteiger partial charge in [-0.15, -0.1) is 0 Å². The van der Waals surface area contributed by atoms with Gasteiger partial charge in [0.05, 0.1) is 19.2 Å². The Hall–Kier alpha value is -2.57. The van der Waals surface area contributed by atoms with Crippen molar-refractivity contribution in [2.24, 2.45) is 5.41 Å². The smallest absolute Gasteiger partial charge is 0.152 e. The predicted octanol–water partition coefficient (Wildman–Crippen LogP) is 3.54. The number of Topliss-reactive ketones (excluding diaryl/α,β-unsaturated/α-hetero) is 1. The number of H-pyrrole nitrogens is 1. The van der Waals surface area contributed by atoms with Crippen molar-refractivity contribution in [3.8, 4) is 11.1 Å². The van der Waals surface area contributed by atoms with Crippen LogP contribution in [0.2, 0.25) is 0 Å². The quantitative estimate of drug-likeness (QED) is 0.665. The zero-order chi connectivity index (χ0) is 21.4. The van der Waals surface area contributed by atoms with E-state index in [4.69, 9.17) is 0 Å². The average Bonchev–Trinajstić information content (AvgIpc) is 3.27. The van der Waals surface area contributed by atoms with Crippen LogP contribution in [0.5, 0.6) is 0 Å². The highest BCUT2D eigenvalue weighted by atomic mass is 16.1. The molecule has 3 heterocycles. The Kier molecular flexibility index (Phi) is 5.36. The lowest BCUT2D eigenvalue weighted by Crippen LogP contribution is -2.54. The molecule has 0 atom stereocenters. The maximum Gasteiger partial charge on any atom is 0.152 e. The number of likely N-dealkylation sites (N-methyl/N-ethyl adjacent to an activating group) is 1. The number of benzene rings is 1. The number of aromatic amines is 1. The average molecular weight is 418 g/mol. The SMILES string of the molecule is CN1CCC2(CC1)CC(N(C)CC(=O)Cc1cc3cc(-c4cn[nH]c4)ccc3cn1)C2. The lowest BCUT2D eigenvalue weighted by Gasteiger charge is -2.54. The molecule has 2 fully saturated rings. The highest BCUT2D eigenvalue weighted by Crippen LogP contribution is 2.50. The molecule has 1 aromatic carbocycles. The summed E-state index contributed by atoms with van der Waals surface area (Å²) in [5.41, 5.74) is 3.55. The Bertz CT molecular complexity index is 1060. The molecule has 1 spiro atoms. The van der Waals surface area contributed by atoms with Gasteiger partial charge >= 0.3 is 0 Å². The van der Waals surface area contributed by atoms with E-state index in [2.05, 4.69) is 57.3 Å². The van der Waals surface area contributed by atoms with E-state index in [0.717, 1.165) is 27.6 Å². The van der Waals surface area contributed by atoms with Crippen LogP contribution < -0.4 is 0 Å². The Labute approximate surface area is 183 Å². The third-order valence-electron chi connectivity index (χ3n) is 7.42. The summed E-state index contributed by atoms with van der Waals surface area (Å²) in [6.45, 7) is 2.94. The second-order valence-electron chi connectivity index (χ2n) is 9.72. The number of aromatic nitrogens is 3. The molecular weight excluding hydrogens is 386 g/mol. The first kappa shape index (κ1) is 20.3. The lowest BCUT2D eigenvalue weighted by atomic mass is 9.60. The van der Waals surface area contributed by atoms with Gasteiger partial charge in [-0.2, -0.15) is 5.10 Å². The molecular formula is C25H31N5O. The molecule has 0 bridgehead atoms. The van der Waals surface area contributed by atoms with Crippen LogP contribution in [0.3, 0.4) is 0 Å². The van der Waals surface area contributed by atoms with Crippen molar-refractivity contribution in [1.29, 1.82) is 0 Å².